The highest BCUT2D eigenvalue weighted by molar-refractivity contribution is 7.98. The first kappa shape index (κ1) is 26.1. The summed E-state index contributed by atoms with van der Waals surface area (Å²) < 4.78 is 1.82. The lowest BCUT2D eigenvalue weighted by Gasteiger charge is -2.29. The van der Waals surface area contributed by atoms with E-state index in [0.29, 0.717) is 22.4 Å². The lowest BCUT2D eigenvalue weighted by atomic mass is 9.94. The fourth-order valence-electron chi connectivity index (χ4n) is 4.56. The number of fused-ring (bicyclic) bond motifs is 1. The minimum atomic E-state index is -0.426. The van der Waals surface area contributed by atoms with Gasteiger partial charge in [0.2, 0.25) is 11.1 Å². The Bertz CT molecular complexity index is 1530. The van der Waals surface area contributed by atoms with E-state index in [-0.39, 0.29) is 5.91 Å². The maximum absolute atomic E-state index is 13.8. The SMILES string of the molecule is CCc1ccc(C2C(C(=O)Nc3cccc(C)c3C)=C(C)Nc3nc(SCc4ccccc4Cl)nn32)cc1. The van der Waals surface area contributed by atoms with E-state index >= 15 is 0 Å². The highest BCUT2D eigenvalue weighted by Gasteiger charge is 2.34. The number of hydrogen-bond donors (Lipinski definition) is 2. The van der Waals surface area contributed by atoms with Crippen LogP contribution in [0.5, 0.6) is 0 Å². The van der Waals surface area contributed by atoms with Crippen molar-refractivity contribution in [2.75, 3.05) is 10.6 Å². The van der Waals surface area contributed by atoms with Gasteiger partial charge >= 0.3 is 0 Å². The highest BCUT2D eigenvalue weighted by Crippen LogP contribution is 2.37. The molecule has 0 saturated carbocycles. The maximum Gasteiger partial charge on any atom is 0.255 e. The van der Waals surface area contributed by atoms with Crippen LogP contribution in [-0.4, -0.2) is 20.7 Å². The fourth-order valence-corrected chi connectivity index (χ4v) is 5.68. The number of anilines is 2. The quantitative estimate of drug-likeness (QED) is 0.239. The molecule has 1 atom stereocenters. The minimum Gasteiger partial charge on any atom is -0.328 e. The van der Waals surface area contributed by atoms with E-state index < -0.39 is 6.04 Å². The van der Waals surface area contributed by atoms with Gasteiger partial charge in [-0.15, -0.1) is 5.10 Å². The van der Waals surface area contributed by atoms with Crippen molar-refractivity contribution >= 4 is 40.9 Å². The van der Waals surface area contributed by atoms with Gasteiger partial charge in [-0.25, -0.2) is 4.68 Å². The zero-order valence-electron chi connectivity index (χ0n) is 21.9. The molecular weight excluding hydrogens is 514 g/mol. The fraction of sp³-hybridized carbons (Fsp3) is 0.233. The molecule has 1 amide bonds. The van der Waals surface area contributed by atoms with Crippen LogP contribution < -0.4 is 10.6 Å². The molecule has 5 rings (SSSR count). The molecule has 1 unspecified atom stereocenters. The molecule has 2 heterocycles. The third-order valence-electron chi connectivity index (χ3n) is 6.95. The van der Waals surface area contributed by atoms with E-state index in [4.69, 9.17) is 21.7 Å². The predicted octanol–water partition coefficient (Wildman–Crippen LogP) is 7.33. The van der Waals surface area contributed by atoms with Gasteiger partial charge in [-0.2, -0.15) is 4.98 Å². The molecule has 0 saturated heterocycles. The van der Waals surface area contributed by atoms with Gasteiger partial charge in [-0.3, -0.25) is 4.79 Å². The molecule has 8 heteroatoms. The molecule has 6 nitrogen and oxygen atoms in total. The maximum atomic E-state index is 13.8. The molecule has 0 radical (unpaired) electrons. The molecule has 0 spiro atoms. The first-order chi connectivity index (χ1) is 18.4. The van der Waals surface area contributed by atoms with E-state index in [9.17, 15) is 4.79 Å². The van der Waals surface area contributed by atoms with E-state index in [2.05, 4.69) is 41.8 Å². The molecule has 0 fully saturated rings. The molecule has 2 N–H and O–H groups in total. The lowest BCUT2D eigenvalue weighted by molar-refractivity contribution is -0.113. The van der Waals surface area contributed by atoms with Crippen LogP contribution in [0.4, 0.5) is 11.6 Å². The first-order valence-corrected chi connectivity index (χ1v) is 14.0. The van der Waals surface area contributed by atoms with Crippen molar-refractivity contribution in [3.8, 4) is 0 Å². The van der Waals surface area contributed by atoms with Gasteiger partial charge in [0, 0.05) is 22.2 Å². The molecular formula is C30H30ClN5OS. The average Bonchev–Trinajstić information content (AvgIpc) is 3.32. The molecule has 0 aliphatic carbocycles. The number of benzene rings is 3. The van der Waals surface area contributed by atoms with Gasteiger partial charge in [0.05, 0.1) is 5.57 Å². The second kappa shape index (κ2) is 11.1. The average molecular weight is 544 g/mol. The molecule has 194 valence electrons. The molecule has 1 aliphatic heterocycles. The summed E-state index contributed by atoms with van der Waals surface area (Å²) in [6.07, 6.45) is 0.943. The normalized spacial score (nSPS) is 14.7. The van der Waals surface area contributed by atoms with Gasteiger partial charge in [-0.1, -0.05) is 84.9 Å². The van der Waals surface area contributed by atoms with Crippen LogP contribution in [-0.2, 0) is 17.0 Å². The monoisotopic (exact) mass is 543 g/mol. The van der Waals surface area contributed by atoms with Crippen LogP contribution in [0.25, 0.3) is 0 Å². The van der Waals surface area contributed by atoms with Crippen molar-refractivity contribution in [3.63, 3.8) is 0 Å². The Morgan fingerprint density at radius 2 is 1.82 bits per heavy atom. The predicted molar refractivity (Wildman–Crippen MR) is 156 cm³/mol. The van der Waals surface area contributed by atoms with Gasteiger partial charge < -0.3 is 10.6 Å². The Kier molecular flexibility index (Phi) is 7.58. The Balaban J connectivity index is 1.51. The Morgan fingerprint density at radius 3 is 2.55 bits per heavy atom. The van der Waals surface area contributed by atoms with Crippen molar-refractivity contribution < 1.29 is 4.79 Å². The molecule has 1 aliphatic rings. The third kappa shape index (κ3) is 5.22. The summed E-state index contributed by atoms with van der Waals surface area (Å²) >= 11 is 7.87. The van der Waals surface area contributed by atoms with Crippen LogP contribution >= 0.6 is 23.4 Å². The number of nitrogens with zero attached hydrogens (tertiary/aromatic N) is 3. The van der Waals surface area contributed by atoms with Crippen molar-refractivity contribution in [2.24, 2.45) is 0 Å². The van der Waals surface area contributed by atoms with Crippen molar-refractivity contribution in [1.29, 1.82) is 0 Å². The Morgan fingerprint density at radius 1 is 1.05 bits per heavy atom. The summed E-state index contributed by atoms with van der Waals surface area (Å²) in [6, 6.07) is 21.7. The molecule has 3 aromatic carbocycles. The summed E-state index contributed by atoms with van der Waals surface area (Å²) in [5, 5.41) is 12.7. The van der Waals surface area contributed by atoms with Crippen molar-refractivity contribution in [1.82, 2.24) is 14.8 Å². The zero-order chi connectivity index (χ0) is 26.8. The number of amides is 1. The summed E-state index contributed by atoms with van der Waals surface area (Å²) in [5.74, 6) is 1.09. The second-order valence-electron chi connectivity index (χ2n) is 9.41. The first-order valence-electron chi connectivity index (χ1n) is 12.6. The standard InChI is InChI=1S/C30H30ClN5OS/c1-5-21-13-15-22(16-14-21)27-26(28(37)33-25-12-8-9-18(2)19(25)3)20(4)32-29-34-30(35-36(27)29)38-17-23-10-6-7-11-24(23)31/h6-16,27H,5,17H2,1-4H3,(H,33,37)(H,32,34,35). The number of carbonyl (C=O) groups is 1. The number of aromatic nitrogens is 3. The smallest absolute Gasteiger partial charge is 0.255 e. The Hall–Kier alpha value is -3.55. The van der Waals surface area contributed by atoms with E-state index in [1.54, 1.807) is 0 Å². The summed E-state index contributed by atoms with van der Waals surface area (Å²) in [4.78, 5) is 18.6. The molecule has 38 heavy (non-hydrogen) atoms. The number of hydrogen-bond acceptors (Lipinski definition) is 5. The molecule has 0 bridgehead atoms. The van der Waals surface area contributed by atoms with Crippen molar-refractivity contribution in [3.05, 3.63) is 111 Å². The number of nitrogens with one attached hydrogen (secondary N) is 2. The largest absolute Gasteiger partial charge is 0.328 e. The number of halogens is 1. The lowest BCUT2D eigenvalue weighted by Crippen LogP contribution is -2.31. The molecule has 4 aromatic rings. The van der Waals surface area contributed by atoms with Gasteiger partial charge in [0.1, 0.15) is 6.04 Å². The van der Waals surface area contributed by atoms with Crippen molar-refractivity contribution in [2.45, 2.75) is 51.1 Å². The minimum absolute atomic E-state index is 0.167. The number of carbonyl (C=O) groups excluding carboxylic acids is 1. The topological polar surface area (TPSA) is 71.8 Å². The summed E-state index contributed by atoms with van der Waals surface area (Å²) in [6.45, 7) is 8.11. The number of allylic oxidation sites excluding steroid dienone is 1. The number of thioether (sulfide) groups is 1. The Labute approximate surface area is 232 Å². The van der Waals surface area contributed by atoms with Crippen LogP contribution in [0.15, 0.2) is 83.2 Å². The van der Waals surface area contributed by atoms with Crippen LogP contribution in [0.1, 0.15) is 47.7 Å². The van der Waals surface area contributed by atoms with Crippen LogP contribution in [0, 0.1) is 13.8 Å². The third-order valence-corrected chi connectivity index (χ3v) is 8.20. The van der Waals surface area contributed by atoms with Gasteiger partial charge in [0.15, 0.2) is 0 Å². The van der Waals surface area contributed by atoms with E-state index in [0.717, 1.165) is 45.1 Å². The van der Waals surface area contributed by atoms with E-state index in [1.807, 2.05) is 67.9 Å². The van der Waals surface area contributed by atoms with Crippen LogP contribution in [0.3, 0.4) is 0 Å². The summed E-state index contributed by atoms with van der Waals surface area (Å²) in [7, 11) is 0. The second-order valence-corrected chi connectivity index (χ2v) is 10.8. The summed E-state index contributed by atoms with van der Waals surface area (Å²) in [5.41, 5.74) is 7.56. The molecule has 1 aromatic heterocycles. The van der Waals surface area contributed by atoms with Gasteiger partial charge in [-0.05, 0) is 67.1 Å². The number of rotatable bonds is 7. The zero-order valence-corrected chi connectivity index (χ0v) is 23.5. The van der Waals surface area contributed by atoms with Crippen LogP contribution in [0.2, 0.25) is 5.02 Å². The van der Waals surface area contributed by atoms with E-state index in [1.165, 1.54) is 17.3 Å². The van der Waals surface area contributed by atoms with Gasteiger partial charge in [0.25, 0.3) is 5.91 Å². The highest BCUT2D eigenvalue weighted by atomic mass is 35.5. The number of aryl methyl sites for hydroxylation is 2.